The zero-order valence-electron chi connectivity index (χ0n) is 17.0. The Morgan fingerprint density at radius 2 is 0.963 bits per heavy atom. The number of amides is 1. The zero-order valence-corrected chi connectivity index (χ0v) is 17.0. The van der Waals surface area contributed by atoms with Gasteiger partial charge in [0.1, 0.15) is 0 Å². The quantitative estimate of drug-likeness (QED) is 0.217. The van der Waals surface area contributed by atoms with Crippen LogP contribution in [-0.2, 0) is 14.4 Å². The zero-order chi connectivity index (χ0) is 20.3. The molecule has 158 valence electrons. The van der Waals surface area contributed by atoms with Crippen LogP contribution in [0.5, 0.6) is 0 Å². The van der Waals surface area contributed by atoms with Gasteiger partial charge in [0.05, 0.1) is 0 Å². The Morgan fingerprint density at radius 3 is 1.30 bits per heavy atom. The van der Waals surface area contributed by atoms with Crippen molar-refractivity contribution in [3.8, 4) is 0 Å². The lowest BCUT2D eigenvalue weighted by Gasteiger charge is -2.09. The molecule has 0 rings (SSSR count). The summed E-state index contributed by atoms with van der Waals surface area (Å²) in [6.07, 6.45) is 18.7. The highest BCUT2D eigenvalue weighted by atomic mass is 16.4. The van der Waals surface area contributed by atoms with E-state index in [0.29, 0.717) is 6.42 Å². The smallest absolute Gasteiger partial charge is 0.338 e. The highest BCUT2D eigenvalue weighted by molar-refractivity contribution is 6.00. The molecule has 6 heteroatoms. The molecule has 0 saturated carbocycles. The second-order valence-electron chi connectivity index (χ2n) is 7.38. The van der Waals surface area contributed by atoms with Crippen LogP contribution in [0.2, 0.25) is 0 Å². The number of carbonyl (C=O) groups is 3. The summed E-state index contributed by atoms with van der Waals surface area (Å²) in [5.41, 5.74) is 0. The first kappa shape index (κ1) is 25.4. The first-order valence-corrected chi connectivity index (χ1v) is 10.7. The summed E-state index contributed by atoms with van der Waals surface area (Å²) < 4.78 is 0. The topological polar surface area (TPSA) is 104 Å². The molecule has 0 aliphatic rings. The number of carboxylic acids is 2. The monoisotopic (exact) mass is 385 g/mol. The third-order valence-electron chi connectivity index (χ3n) is 4.81. The van der Waals surface area contributed by atoms with Crippen molar-refractivity contribution in [2.75, 3.05) is 0 Å². The molecular formula is C21H39NO5. The van der Waals surface area contributed by atoms with Crippen LogP contribution in [-0.4, -0.2) is 34.1 Å². The van der Waals surface area contributed by atoms with Gasteiger partial charge in [-0.1, -0.05) is 96.8 Å². The Balaban J connectivity index is 3.36. The second kappa shape index (κ2) is 17.8. The van der Waals surface area contributed by atoms with Gasteiger partial charge in [-0.05, 0) is 6.42 Å². The largest absolute Gasteiger partial charge is 0.479 e. The van der Waals surface area contributed by atoms with E-state index < -0.39 is 23.9 Å². The van der Waals surface area contributed by atoms with E-state index in [4.69, 9.17) is 10.2 Å². The summed E-state index contributed by atoms with van der Waals surface area (Å²) in [6, 6.07) is -1.85. The van der Waals surface area contributed by atoms with E-state index in [9.17, 15) is 14.4 Å². The average Bonchev–Trinajstić information content (AvgIpc) is 2.62. The van der Waals surface area contributed by atoms with E-state index >= 15 is 0 Å². The lowest BCUT2D eigenvalue weighted by molar-refractivity contribution is -0.153. The van der Waals surface area contributed by atoms with Crippen LogP contribution in [0, 0.1) is 0 Å². The van der Waals surface area contributed by atoms with Crippen molar-refractivity contribution in [2.45, 2.75) is 116 Å². The molecule has 0 heterocycles. The minimum absolute atomic E-state index is 0.176. The molecule has 0 unspecified atom stereocenters. The van der Waals surface area contributed by atoms with Gasteiger partial charge in [-0.2, -0.15) is 0 Å². The van der Waals surface area contributed by atoms with Crippen molar-refractivity contribution in [2.24, 2.45) is 0 Å². The maximum Gasteiger partial charge on any atom is 0.338 e. The highest BCUT2D eigenvalue weighted by Gasteiger charge is 2.27. The molecule has 0 aliphatic carbocycles. The molecule has 0 spiro atoms. The Labute approximate surface area is 164 Å². The highest BCUT2D eigenvalue weighted by Crippen LogP contribution is 2.13. The number of rotatable bonds is 19. The number of aliphatic carboxylic acids is 2. The predicted octanol–water partition coefficient (Wildman–Crippen LogP) is 4.90. The van der Waals surface area contributed by atoms with E-state index in [0.717, 1.165) is 19.3 Å². The third-order valence-corrected chi connectivity index (χ3v) is 4.81. The van der Waals surface area contributed by atoms with E-state index in [1.807, 2.05) is 5.32 Å². The molecule has 3 N–H and O–H groups in total. The van der Waals surface area contributed by atoms with E-state index in [1.54, 1.807) is 0 Å². The summed E-state index contributed by atoms with van der Waals surface area (Å²) in [4.78, 5) is 32.9. The number of hydrogen-bond donors (Lipinski definition) is 3. The van der Waals surface area contributed by atoms with Gasteiger partial charge < -0.3 is 15.5 Å². The first-order valence-electron chi connectivity index (χ1n) is 10.7. The van der Waals surface area contributed by atoms with Crippen LogP contribution in [0.15, 0.2) is 0 Å². The molecule has 6 nitrogen and oxygen atoms in total. The van der Waals surface area contributed by atoms with Crippen molar-refractivity contribution in [3.63, 3.8) is 0 Å². The average molecular weight is 386 g/mol. The van der Waals surface area contributed by atoms with E-state index in [1.165, 1.54) is 70.6 Å². The van der Waals surface area contributed by atoms with Gasteiger partial charge in [0.15, 0.2) is 0 Å². The molecule has 0 aromatic heterocycles. The van der Waals surface area contributed by atoms with Crippen LogP contribution < -0.4 is 5.32 Å². The van der Waals surface area contributed by atoms with E-state index in [-0.39, 0.29) is 6.42 Å². The fourth-order valence-corrected chi connectivity index (χ4v) is 3.12. The van der Waals surface area contributed by atoms with Gasteiger partial charge in [-0.15, -0.1) is 0 Å². The van der Waals surface area contributed by atoms with Crippen molar-refractivity contribution in [3.05, 3.63) is 0 Å². The molecule has 0 saturated heterocycles. The van der Waals surface area contributed by atoms with E-state index in [2.05, 4.69) is 6.92 Å². The lowest BCUT2D eigenvalue weighted by atomic mass is 10.0. The summed E-state index contributed by atoms with van der Waals surface area (Å²) >= 11 is 0. The molecule has 0 fully saturated rings. The third kappa shape index (κ3) is 16.3. The van der Waals surface area contributed by atoms with Crippen LogP contribution in [0.25, 0.3) is 0 Å². The van der Waals surface area contributed by atoms with Gasteiger partial charge >= 0.3 is 11.9 Å². The number of carboxylic acid groups (broad SMARTS) is 2. The fourth-order valence-electron chi connectivity index (χ4n) is 3.12. The molecule has 0 aromatic carbocycles. The Morgan fingerprint density at radius 1 is 0.630 bits per heavy atom. The maximum atomic E-state index is 11.6. The Kier molecular flexibility index (Phi) is 16.8. The minimum atomic E-state index is -1.85. The molecule has 0 radical (unpaired) electrons. The van der Waals surface area contributed by atoms with Crippen molar-refractivity contribution < 1.29 is 24.6 Å². The van der Waals surface area contributed by atoms with Crippen LogP contribution in [0.4, 0.5) is 0 Å². The molecule has 0 bridgehead atoms. The van der Waals surface area contributed by atoms with Gasteiger partial charge in [-0.3, -0.25) is 4.79 Å². The summed E-state index contributed by atoms with van der Waals surface area (Å²) in [5, 5.41) is 19.4. The molecule has 1 amide bonds. The summed E-state index contributed by atoms with van der Waals surface area (Å²) in [5.74, 6) is -3.61. The number of unbranched alkanes of at least 4 members (excludes halogenated alkanes) is 14. The minimum Gasteiger partial charge on any atom is -0.479 e. The number of hydrogen-bond acceptors (Lipinski definition) is 3. The summed E-state index contributed by atoms with van der Waals surface area (Å²) in [7, 11) is 0. The Hall–Kier alpha value is -1.59. The molecular weight excluding hydrogens is 346 g/mol. The van der Waals surface area contributed by atoms with Crippen molar-refractivity contribution in [1.82, 2.24) is 5.32 Å². The van der Waals surface area contributed by atoms with Gasteiger partial charge in [0, 0.05) is 6.42 Å². The van der Waals surface area contributed by atoms with Gasteiger partial charge in [-0.25, -0.2) is 9.59 Å². The van der Waals surface area contributed by atoms with Gasteiger partial charge in [0.2, 0.25) is 11.9 Å². The second-order valence-corrected chi connectivity index (χ2v) is 7.38. The number of carbonyl (C=O) groups excluding carboxylic acids is 1. The fraction of sp³-hybridized carbons (Fsp3) is 0.857. The standard InChI is InChI=1S/C21H39NO5/c1-2-3-4-5-6-7-8-9-10-11-12-13-14-15-16-17-18(23)22-19(20(24)25)21(26)27/h19H,2-17H2,1H3,(H,22,23)(H,24,25)(H,26,27). The molecule has 0 aliphatic heterocycles. The maximum absolute atomic E-state index is 11.6. The SMILES string of the molecule is CCCCCCCCCCCCCCCCCC(=O)NC(C(=O)O)C(=O)O. The number of nitrogens with one attached hydrogen (secondary N) is 1. The van der Waals surface area contributed by atoms with Gasteiger partial charge in [0.25, 0.3) is 0 Å². The molecule has 0 atom stereocenters. The molecule has 27 heavy (non-hydrogen) atoms. The van der Waals surface area contributed by atoms with Crippen LogP contribution >= 0.6 is 0 Å². The first-order chi connectivity index (χ1) is 13.0. The normalized spacial score (nSPS) is 10.9. The lowest BCUT2D eigenvalue weighted by Crippen LogP contribution is -2.46. The van der Waals surface area contributed by atoms with Crippen LogP contribution in [0.1, 0.15) is 110 Å². The van der Waals surface area contributed by atoms with Crippen molar-refractivity contribution in [1.29, 1.82) is 0 Å². The van der Waals surface area contributed by atoms with Crippen LogP contribution in [0.3, 0.4) is 0 Å². The molecule has 0 aromatic rings. The Bertz CT molecular complexity index is 397. The predicted molar refractivity (Wildman–Crippen MR) is 107 cm³/mol. The summed E-state index contributed by atoms with van der Waals surface area (Å²) in [6.45, 7) is 2.25. The van der Waals surface area contributed by atoms with Crippen molar-refractivity contribution >= 4 is 17.8 Å².